The minimum atomic E-state index is -0.0292. The maximum Gasteiger partial charge on any atom is 0.155 e. The van der Waals surface area contributed by atoms with Gasteiger partial charge < -0.3 is 0 Å². The van der Waals surface area contributed by atoms with Crippen LogP contribution in [-0.2, 0) is 9.59 Å². The first-order chi connectivity index (χ1) is 9.95. The molecule has 0 heterocycles. The van der Waals surface area contributed by atoms with E-state index in [-0.39, 0.29) is 10.8 Å². The summed E-state index contributed by atoms with van der Waals surface area (Å²) in [5.41, 5.74) is 0.169. The molecule has 0 radical (unpaired) electrons. The molecule has 2 nitrogen and oxygen atoms in total. The van der Waals surface area contributed by atoms with Crippen molar-refractivity contribution < 1.29 is 9.59 Å². The average Bonchev–Trinajstić information content (AvgIpc) is 2.76. The van der Waals surface area contributed by atoms with Gasteiger partial charge in [-0.2, -0.15) is 0 Å². The van der Waals surface area contributed by atoms with Gasteiger partial charge in [0.1, 0.15) is 5.78 Å². The smallest absolute Gasteiger partial charge is 0.155 e. The molecule has 1 unspecified atom stereocenters. The number of rotatable bonds is 0. The Bertz CT molecular complexity index is 534. The molecule has 0 saturated heterocycles. The van der Waals surface area contributed by atoms with Crippen molar-refractivity contribution in [2.75, 3.05) is 0 Å². The Morgan fingerprint density at radius 1 is 1.10 bits per heavy atom. The summed E-state index contributed by atoms with van der Waals surface area (Å²) in [6.45, 7) is 4.62. The van der Waals surface area contributed by atoms with E-state index < -0.39 is 0 Å². The van der Waals surface area contributed by atoms with Crippen molar-refractivity contribution in [3.8, 4) is 0 Å². The Morgan fingerprint density at radius 2 is 1.90 bits per heavy atom. The van der Waals surface area contributed by atoms with E-state index in [1.165, 1.54) is 19.3 Å². The van der Waals surface area contributed by atoms with Crippen molar-refractivity contribution in [3.63, 3.8) is 0 Å². The quantitative estimate of drug-likeness (QED) is 0.676. The molecular weight excluding hydrogens is 262 g/mol. The van der Waals surface area contributed by atoms with Crippen LogP contribution >= 0.6 is 0 Å². The van der Waals surface area contributed by atoms with Gasteiger partial charge in [-0.25, -0.2) is 0 Å². The molecule has 2 heteroatoms. The Labute approximate surface area is 127 Å². The molecule has 6 atom stereocenters. The first kappa shape index (κ1) is 13.7. The van der Waals surface area contributed by atoms with E-state index in [0.717, 1.165) is 25.7 Å². The average molecular weight is 288 g/mol. The summed E-state index contributed by atoms with van der Waals surface area (Å²) in [4.78, 5) is 24.1. The summed E-state index contributed by atoms with van der Waals surface area (Å²) in [5.74, 6) is 3.37. The molecule has 4 rings (SSSR count). The van der Waals surface area contributed by atoms with Crippen LogP contribution in [0.4, 0.5) is 0 Å². The van der Waals surface area contributed by atoms with Gasteiger partial charge in [-0.15, -0.1) is 0 Å². The zero-order valence-corrected chi connectivity index (χ0v) is 13.2. The van der Waals surface area contributed by atoms with E-state index in [1.807, 2.05) is 6.08 Å². The molecule has 0 aromatic heterocycles. The zero-order chi connectivity index (χ0) is 14.8. The number of hydrogen-bond donors (Lipinski definition) is 0. The van der Waals surface area contributed by atoms with Gasteiger partial charge in [0.05, 0.1) is 0 Å². The van der Waals surface area contributed by atoms with Crippen LogP contribution in [0.2, 0.25) is 0 Å². The van der Waals surface area contributed by atoms with Gasteiger partial charge in [0.15, 0.2) is 5.78 Å². The van der Waals surface area contributed by atoms with Crippen molar-refractivity contribution in [3.05, 3.63) is 12.2 Å². The number of Topliss-reactive ketones (excluding diaryl/α,β-unsaturated/α-hetero) is 1. The molecular formula is C19H26O2. The van der Waals surface area contributed by atoms with Crippen LogP contribution in [0.25, 0.3) is 0 Å². The third-order valence-corrected chi connectivity index (χ3v) is 7.75. The zero-order valence-electron chi connectivity index (χ0n) is 13.2. The van der Waals surface area contributed by atoms with Gasteiger partial charge in [0.2, 0.25) is 0 Å². The molecule has 0 bridgehead atoms. The number of carbonyl (C=O) groups is 2. The predicted octanol–water partition coefficient (Wildman–Crippen LogP) is 3.94. The van der Waals surface area contributed by atoms with Gasteiger partial charge in [-0.1, -0.05) is 19.9 Å². The van der Waals surface area contributed by atoms with Crippen LogP contribution in [0, 0.1) is 34.5 Å². The second-order valence-corrected chi connectivity index (χ2v) is 8.44. The monoisotopic (exact) mass is 288 g/mol. The highest BCUT2D eigenvalue weighted by molar-refractivity contribution is 5.91. The van der Waals surface area contributed by atoms with Gasteiger partial charge in [0, 0.05) is 18.3 Å². The van der Waals surface area contributed by atoms with Gasteiger partial charge in [-0.05, 0) is 67.3 Å². The second kappa shape index (κ2) is 4.30. The molecule has 0 aromatic rings. The van der Waals surface area contributed by atoms with Crippen LogP contribution in [0.15, 0.2) is 12.2 Å². The van der Waals surface area contributed by atoms with E-state index in [4.69, 9.17) is 0 Å². The fourth-order valence-corrected chi connectivity index (χ4v) is 6.41. The highest BCUT2D eigenvalue weighted by atomic mass is 16.1. The van der Waals surface area contributed by atoms with Crippen molar-refractivity contribution in [1.82, 2.24) is 0 Å². The molecule has 0 aliphatic heterocycles. The first-order valence-electron chi connectivity index (χ1n) is 8.70. The Balaban J connectivity index is 1.70. The SMILES string of the molecule is C[C@]12C=CC(=O)[14CH2]C1CC[C@@H]1[C@@H]2CC[C@]2(C)C(=O)CC[C@@H]12. The number of fused-ring (bicyclic) bond motifs is 5. The fourth-order valence-electron chi connectivity index (χ4n) is 6.41. The Kier molecular flexibility index (Phi) is 2.81. The molecule has 114 valence electrons. The van der Waals surface area contributed by atoms with Crippen LogP contribution in [0.1, 0.15) is 58.8 Å². The Hall–Kier alpha value is -0.920. The summed E-state index contributed by atoms with van der Waals surface area (Å²) in [7, 11) is 0. The standard InChI is InChI=1S/C19H26O2/c1-18-9-7-13(20)11-12(18)3-4-14-15-5-6-17(21)19(15,2)10-8-16(14)18/h7,9,12,14-16H,3-6,8,10-11H2,1-2H3/t12?,14-,15-,16-,18-,19-/m0/s1/i11+2. The molecule has 0 amide bonds. The largest absolute Gasteiger partial charge is 0.299 e. The highest BCUT2D eigenvalue weighted by Crippen LogP contribution is 2.64. The Morgan fingerprint density at radius 3 is 2.71 bits per heavy atom. The third-order valence-electron chi connectivity index (χ3n) is 7.75. The fraction of sp³-hybridized carbons (Fsp3) is 0.789. The molecule has 4 aliphatic rings. The van der Waals surface area contributed by atoms with Crippen LogP contribution < -0.4 is 0 Å². The van der Waals surface area contributed by atoms with E-state index in [9.17, 15) is 9.59 Å². The molecule has 3 saturated carbocycles. The lowest BCUT2D eigenvalue weighted by atomic mass is 9.48. The van der Waals surface area contributed by atoms with E-state index in [2.05, 4.69) is 19.9 Å². The lowest BCUT2D eigenvalue weighted by molar-refractivity contribution is -0.135. The highest BCUT2D eigenvalue weighted by Gasteiger charge is 2.59. The summed E-state index contributed by atoms with van der Waals surface area (Å²) < 4.78 is 0. The van der Waals surface area contributed by atoms with E-state index >= 15 is 0 Å². The van der Waals surface area contributed by atoms with Gasteiger partial charge in [-0.3, -0.25) is 9.59 Å². The molecule has 21 heavy (non-hydrogen) atoms. The number of allylic oxidation sites excluding steroid dienone is 2. The maximum atomic E-state index is 12.4. The van der Waals surface area contributed by atoms with Crippen molar-refractivity contribution in [2.24, 2.45) is 34.5 Å². The van der Waals surface area contributed by atoms with E-state index in [0.29, 0.717) is 35.2 Å². The maximum absolute atomic E-state index is 12.4. The van der Waals surface area contributed by atoms with Crippen molar-refractivity contribution >= 4 is 11.6 Å². The van der Waals surface area contributed by atoms with E-state index in [1.54, 1.807) is 0 Å². The minimum absolute atomic E-state index is 0.0292. The summed E-state index contributed by atoms with van der Waals surface area (Å²) in [6, 6.07) is 0. The van der Waals surface area contributed by atoms with Crippen LogP contribution in [-0.4, -0.2) is 11.6 Å². The number of carbonyl (C=O) groups excluding carboxylic acids is 2. The summed E-state index contributed by atoms with van der Waals surface area (Å²) in [5, 5.41) is 0. The van der Waals surface area contributed by atoms with Crippen molar-refractivity contribution in [1.29, 1.82) is 0 Å². The molecule has 3 fully saturated rings. The normalized spacial score (nSPS) is 52.3. The number of ketones is 2. The topological polar surface area (TPSA) is 34.1 Å². The molecule has 4 aliphatic carbocycles. The number of hydrogen-bond acceptors (Lipinski definition) is 2. The molecule has 0 aromatic carbocycles. The van der Waals surface area contributed by atoms with Crippen LogP contribution in [0.5, 0.6) is 0 Å². The van der Waals surface area contributed by atoms with Crippen molar-refractivity contribution in [2.45, 2.75) is 58.8 Å². The van der Waals surface area contributed by atoms with Crippen LogP contribution in [0.3, 0.4) is 0 Å². The van der Waals surface area contributed by atoms with Gasteiger partial charge in [0.25, 0.3) is 0 Å². The predicted molar refractivity (Wildman–Crippen MR) is 81.6 cm³/mol. The third kappa shape index (κ3) is 1.71. The molecule has 0 N–H and O–H groups in total. The van der Waals surface area contributed by atoms with Gasteiger partial charge >= 0.3 is 0 Å². The lowest BCUT2D eigenvalue weighted by Gasteiger charge is -2.57. The summed E-state index contributed by atoms with van der Waals surface area (Å²) in [6.07, 6.45) is 11.4. The summed E-state index contributed by atoms with van der Waals surface area (Å²) >= 11 is 0. The second-order valence-electron chi connectivity index (χ2n) is 8.44. The first-order valence-corrected chi connectivity index (χ1v) is 8.70. The minimum Gasteiger partial charge on any atom is -0.299 e. The lowest BCUT2D eigenvalue weighted by Crippen LogP contribution is -2.52. The molecule has 0 spiro atoms.